The van der Waals surface area contributed by atoms with Crippen molar-refractivity contribution in [1.29, 1.82) is 0 Å². The van der Waals surface area contributed by atoms with Gasteiger partial charge in [-0.3, -0.25) is 0 Å². The highest BCUT2D eigenvalue weighted by molar-refractivity contribution is 7.99. The van der Waals surface area contributed by atoms with Gasteiger partial charge in [-0.05, 0) is 42.3 Å². The Kier molecular flexibility index (Phi) is 4.72. The van der Waals surface area contributed by atoms with E-state index in [1.54, 1.807) is 4.68 Å². The van der Waals surface area contributed by atoms with Crippen molar-refractivity contribution >= 4 is 11.8 Å². The van der Waals surface area contributed by atoms with Crippen LogP contribution in [0.1, 0.15) is 29.2 Å². The fourth-order valence-corrected chi connectivity index (χ4v) is 3.67. The van der Waals surface area contributed by atoms with Crippen LogP contribution < -0.4 is 0 Å². The number of hydrogen-bond donors (Lipinski definition) is 0. The zero-order chi connectivity index (χ0) is 18.8. The molecular formula is C19H18N6OS. The van der Waals surface area contributed by atoms with Crippen molar-refractivity contribution in [2.24, 2.45) is 0 Å². The first-order valence-corrected chi connectivity index (χ1v) is 9.42. The molecule has 0 saturated carbocycles. The minimum absolute atomic E-state index is 0.0935. The van der Waals surface area contributed by atoms with E-state index in [4.69, 9.17) is 4.52 Å². The molecular weight excluding hydrogens is 360 g/mol. The fourth-order valence-electron chi connectivity index (χ4n) is 2.85. The van der Waals surface area contributed by atoms with Crippen LogP contribution in [0.5, 0.6) is 0 Å². The summed E-state index contributed by atoms with van der Waals surface area (Å²) in [5.41, 5.74) is 4.14. The summed E-state index contributed by atoms with van der Waals surface area (Å²) in [5, 5.41) is 16.9. The summed E-state index contributed by atoms with van der Waals surface area (Å²) >= 11 is 1.48. The molecule has 1 unspecified atom stereocenters. The summed E-state index contributed by atoms with van der Waals surface area (Å²) < 4.78 is 7.23. The molecule has 0 N–H and O–H groups in total. The molecule has 1 atom stereocenters. The molecule has 0 saturated heterocycles. The van der Waals surface area contributed by atoms with Gasteiger partial charge >= 0.3 is 0 Å². The third-order valence-electron chi connectivity index (χ3n) is 4.20. The topological polar surface area (TPSA) is 82.5 Å². The van der Waals surface area contributed by atoms with Crippen molar-refractivity contribution in [1.82, 2.24) is 30.3 Å². The van der Waals surface area contributed by atoms with Crippen molar-refractivity contribution in [3.63, 3.8) is 0 Å². The molecule has 8 heteroatoms. The molecule has 0 aliphatic heterocycles. The molecule has 2 heterocycles. The van der Waals surface area contributed by atoms with Gasteiger partial charge in [0.15, 0.2) is 0 Å². The van der Waals surface area contributed by atoms with Gasteiger partial charge in [0.05, 0.1) is 10.9 Å². The Hall–Kier alpha value is -3.00. The molecule has 4 aromatic rings. The monoisotopic (exact) mass is 378 g/mol. The Bertz CT molecular complexity index is 1040. The first kappa shape index (κ1) is 17.4. The van der Waals surface area contributed by atoms with E-state index in [9.17, 15) is 0 Å². The average molecular weight is 378 g/mol. The van der Waals surface area contributed by atoms with Gasteiger partial charge in [0.1, 0.15) is 0 Å². The van der Waals surface area contributed by atoms with E-state index < -0.39 is 0 Å². The van der Waals surface area contributed by atoms with Gasteiger partial charge < -0.3 is 4.52 Å². The summed E-state index contributed by atoms with van der Waals surface area (Å²) in [4.78, 5) is 4.52. The van der Waals surface area contributed by atoms with Crippen LogP contribution in [0.4, 0.5) is 0 Å². The lowest BCUT2D eigenvalue weighted by Crippen LogP contribution is -2.04. The molecule has 0 aliphatic carbocycles. The molecule has 27 heavy (non-hydrogen) atoms. The Morgan fingerprint density at radius 3 is 2.48 bits per heavy atom. The predicted octanol–water partition coefficient (Wildman–Crippen LogP) is 4.18. The Labute approximate surface area is 160 Å². The number of aryl methyl sites for hydroxylation is 2. The maximum atomic E-state index is 5.46. The highest BCUT2D eigenvalue weighted by atomic mass is 32.2. The summed E-state index contributed by atoms with van der Waals surface area (Å²) in [6, 6.07) is 15.9. The number of benzene rings is 2. The molecule has 7 nitrogen and oxygen atoms in total. The number of tetrazole rings is 1. The van der Waals surface area contributed by atoms with E-state index >= 15 is 0 Å². The van der Waals surface area contributed by atoms with Crippen LogP contribution in [0.3, 0.4) is 0 Å². The lowest BCUT2D eigenvalue weighted by Gasteiger charge is -2.11. The molecule has 2 aromatic carbocycles. The van der Waals surface area contributed by atoms with E-state index in [2.05, 4.69) is 25.7 Å². The van der Waals surface area contributed by atoms with Crippen molar-refractivity contribution in [3.05, 3.63) is 65.5 Å². The first-order chi connectivity index (χ1) is 13.1. The van der Waals surface area contributed by atoms with Crippen LogP contribution in [0.2, 0.25) is 0 Å². The van der Waals surface area contributed by atoms with Crippen LogP contribution >= 0.6 is 11.8 Å². The molecule has 4 rings (SSSR count). The highest BCUT2D eigenvalue weighted by Crippen LogP contribution is 2.34. The Morgan fingerprint density at radius 2 is 1.74 bits per heavy atom. The zero-order valence-electron chi connectivity index (χ0n) is 15.2. The Balaban J connectivity index is 1.59. The second-order valence-electron chi connectivity index (χ2n) is 6.20. The third kappa shape index (κ3) is 3.48. The maximum absolute atomic E-state index is 5.46. The van der Waals surface area contributed by atoms with Gasteiger partial charge in [0.25, 0.3) is 0 Å². The minimum Gasteiger partial charge on any atom is -0.338 e. The number of nitrogens with zero attached hydrogens (tertiary/aromatic N) is 6. The lowest BCUT2D eigenvalue weighted by molar-refractivity contribution is 0.380. The van der Waals surface area contributed by atoms with Gasteiger partial charge in [-0.25, -0.2) is 0 Å². The maximum Gasteiger partial charge on any atom is 0.240 e. The summed E-state index contributed by atoms with van der Waals surface area (Å²) in [6.45, 7) is 6.09. The van der Waals surface area contributed by atoms with Crippen LogP contribution in [0.15, 0.2) is 58.2 Å². The predicted molar refractivity (Wildman–Crippen MR) is 103 cm³/mol. The standard InChI is InChI=1S/C19H18N6OS/c1-12-8-7-9-13(2)16(12)25-19(21-23-24-25)27-14(3)18-20-17(22-26-18)15-10-5-4-6-11-15/h4-11,14H,1-3H3. The van der Waals surface area contributed by atoms with Gasteiger partial charge in [0, 0.05) is 5.56 Å². The van der Waals surface area contributed by atoms with E-state index in [1.165, 1.54) is 11.8 Å². The number of rotatable bonds is 5. The van der Waals surface area contributed by atoms with Crippen LogP contribution in [0.25, 0.3) is 17.1 Å². The molecule has 0 amide bonds. The first-order valence-electron chi connectivity index (χ1n) is 8.54. The van der Waals surface area contributed by atoms with Crippen molar-refractivity contribution in [3.8, 4) is 17.1 Å². The second-order valence-corrected chi connectivity index (χ2v) is 7.50. The van der Waals surface area contributed by atoms with Gasteiger partial charge in [-0.1, -0.05) is 65.4 Å². The average Bonchev–Trinajstić information content (AvgIpc) is 3.33. The van der Waals surface area contributed by atoms with E-state index in [0.717, 1.165) is 22.4 Å². The zero-order valence-corrected chi connectivity index (χ0v) is 16.0. The van der Waals surface area contributed by atoms with Crippen LogP contribution in [0, 0.1) is 13.8 Å². The van der Waals surface area contributed by atoms with Crippen molar-refractivity contribution in [2.45, 2.75) is 31.2 Å². The van der Waals surface area contributed by atoms with E-state index in [0.29, 0.717) is 16.9 Å². The van der Waals surface area contributed by atoms with Gasteiger partial charge in [-0.2, -0.15) is 9.67 Å². The summed E-state index contributed by atoms with van der Waals surface area (Å²) in [7, 11) is 0. The molecule has 136 valence electrons. The van der Waals surface area contributed by atoms with E-state index in [-0.39, 0.29) is 5.25 Å². The van der Waals surface area contributed by atoms with Crippen molar-refractivity contribution < 1.29 is 4.52 Å². The SMILES string of the molecule is Cc1cccc(C)c1-n1nnnc1SC(C)c1nc(-c2ccccc2)no1. The van der Waals surface area contributed by atoms with Gasteiger partial charge in [0.2, 0.25) is 16.9 Å². The number of thioether (sulfide) groups is 1. The highest BCUT2D eigenvalue weighted by Gasteiger charge is 2.21. The van der Waals surface area contributed by atoms with Crippen LogP contribution in [-0.2, 0) is 0 Å². The molecule has 0 aliphatic rings. The number of aromatic nitrogens is 6. The van der Waals surface area contributed by atoms with Gasteiger partial charge in [-0.15, -0.1) is 5.10 Å². The quantitative estimate of drug-likeness (QED) is 0.482. The Morgan fingerprint density at radius 1 is 1.00 bits per heavy atom. The van der Waals surface area contributed by atoms with E-state index in [1.807, 2.05) is 69.3 Å². The summed E-state index contributed by atoms with van der Waals surface area (Å²) in [5.74, 6) is 1.11. The molecule has 0 radical (unpaired) electrons. The largest absolute Gasteiger partial charge is 0.338 e. The molecule has 0 spiro atoms. The number of hydrogen-bond acceptors (Lipinski definition) is 7. The second kappa shape index (κ2) is 7.32. The molecule has 0 fully saturated rings. The molecule has 0 bridgehead atoms. The van der Waals surface area contributed by atoms with Crippen molar-refractivity contribution in [2.75, 3.05) is 0 Å². The van der Waals surface area contributed by atoms with Crippen LogP contribution in [-0.4, -0.2) is 30.3 Å². The third-order valence-corrected chi connectivity index (χ3v) is 5.22. The normalized spacial score (nSPS) is 12.3. The smallest absolute Gasteiger partial charge is 0.240 e. The fraction of sp³-hybridized carbons (Fsp3) is 0.211. The molecule has 2 aromatic heterocycles. The lowest BCUT2D eigenvalue weighted by atomic mass is 10.1. The number of para-hydroxylation sites is 1. The summed E-state index contributed by atoms with van der Waals surface area (Å²) in [6.07, 6.45) is 0. The minimum atomic E-state index is -0.0935.